The van der Waals surface area contributed by atoms with Gasteiger partial charge in [0.1, 0.15) is 5.82 Å². The van der Waals surface area contributed by atoms with Gasteiger partial charge < -0.3 is 14.8 Å². The van der Waals surface area contributed by atoms with Crippen LogP contribution in [0.3, 0.4) is 0 Å². The molecule has 0 aliphatic carbocycles. The topological polar surface area (TPSA) is 30.5 Å². The van der Waals surface area contributed by atoms with Crippen molar-refractivity contribution in [1.29, 1.82) is 0 Å². The van der Waals surface area contributed by atoms with Crippen LogP contribution in [0.1, 0.15) is 18.5 Å². The fourth-order valence-corrected chi connectivity index (χ4v) is 2.35. The molecule has 2 aromatic rings. The number of halogens is 2. The van der Waals surface area contributed by atoms with Gasteiger partial charge in [-0.15, -0.1) is 0 Å². The molecule has 0 spiro atoms. The molecule has 1 aliphatic heterocycles. The molecule has 0 fully saturated rings. The first kappa shape index (κ1) is 13.2. The summed E-state index contributed by atoms with van der Waals surface area (Å²) >= 11 is 3.14. The molecule has 5 heteroatoms. The van der Waals surface area contributed by atoms with E-state index in [0.29, 0.717) is 4.47 Å². The fraction of sp³-hybridized carbons (Fsp3) is 0.200. The number of ether oxygens (including phenoxy) is 2. The van der Waals surface area contributed by atoms with Crippen LogP contribution in [0.5, 0.6) is 11.5 Å². The van der Waals surface area contributed by atoms with E-state index in [2.05, 4.69) is 21.2 Å². The highest BCUT2D eigenvalue weighted by molar-refractivity contribution is 9.10. The standard InChI is InChI=1S/C15H13BrFNO2/c1-9(18-11-3-4-12(16)13(17)7-11)10-2-5-14-15(6-10)20-8-19-14/h2-7,9,18H,8H2,1H3. The Bertz CT molecular complexity index is 648. The molecule has 20 heavy (non-hydrogen) atoms. The van der Waals surface area contributed by atoms with Crippen molar-refractivity contribution in [1.82, 2.24) is 0 Å². The first-order chi connectivity index (χ1) is 9.63. The van der Waals surface area contributed by atoms with E-state index < -0.39 is 0 Å². The van der Waals surface area contributed by atoms with Crippen molar-refractivity contribution in [2.45, 2.75) is 13.0 Å². The van der Waals surface area contributed by atoms with Gasteiger partial charge in [0.2, 0.25) is 6.79 Å². The smallest absolute Gasteiger partial charge is 0.231 e. The predicted octanol–water partition coefficient (Wildman–Crippen LogP) is 4.49. The van der Waals surface area contributed by atoms with Gasteiger partial charge >= 0.3 is 0 Å². The van der Waals surface area contributed by atoms with Crippen molar-refractivity contribution >= 4 is 21.6 Å². The maximum Gasteiger partial charge on any atom is 0.231 e. The van der Waals surface area contributed by atoms with Crippen LogP contribution >= 0.6 is 15.9 Å². The van der Waals surface area contributed by atoms with Crippen LogP contribution in [0.2, 0.25) is 0 Å². The summed E-state index contributed by atoms with van der Waals surface area (Å²) in [6, 6.07) is 10.8. The van der Waals surface area contributed by atoms with E-state index in [-0.39, 0.29) is 18.7 Å². The van der Waals surface area contributed by atoms with E-state index in [4.69, 9.17) is 9.47 Å². The minimum Gasteiger partial charge on any atom is -0.454 e. The number of anilines is 1. The summed E-state index contributed by atoms with van der Waals surface area (Å²) in [5.41, 5.74) is 1.79. The zero-order valence-electron chi connectivity index (χ0n) is 10.8. The lowest BCUT2D eigenvalue weighted by molar-refractivity contribution is 0.174. The predicted molar refractivity (Wildman–Crippen MR) is 78.7 cm³/mol. The first-order valence-electron chi connectivity index (χ1n) is 6.24. The highest BCUT2D eigenvalue weighted by Crippen LogP contribution is 2.35. The molecule has 1 heterocycles. The van der Waals surface area contributed by atoms with Crippen molar-refractivity contribution in [3.8, 4) is 11.5 Å². The molecule has 1 unspecified atom stereocenters. The van der Waals surface area contributed by atoms with Gasteiger partial charge in [-0.1, -0.05) is 6.07 Å². The Morgan fingerprint density at radius 3 is 2.75 bits per heavy atom. The second kappa shape index (κ2) is 5.32. The molecule has 0 bridgehead atoms. The number of rotatable bonds is 3. The van der Waals surface area contributed by atoms with E-state index >= 15 is 0 Å². The van der Waals surface area contributed by atoms with Crippen molar-refractivity contribution in [3.63, 3.8) is 0 Å². The summed E-state index contributed by atoms with van der Waals surface area (Å²) in [5, 5.41) is 3.26. The SMILES string of the molecule is CC(Nc1ccc(Br)c(F)c1)c1ccc2c(c1)OCO2. The molecule has 1 N–H and O–H groups in total. The Morgan fingerprint density at radius 2 is 1.95 bits per heavy atom. The molecule has 0 saturated carbocycles. The zero-order valence-corrected chi connectivity index (χ0v) is 12.4. The summed E-state index contributed by atoms with van der Waals surface area (Å²) < 4.78 is 24.6. The number of hydrogen-bond donors (Lipinski definition) is 1. The van der Waals surface area contributed by atoms with Crippen LogP contribution in [0.25, 0.3) is 0 Å². The fourth-order valence-electron chi connectivity index (χ4n) is 2.10. The molecule has 2 aromatic carbocycles. The molecule has 3 rings (SSSR count). The van der Waals surface area contributed by atoms with Gasteiger partial charge in [0.05, 0.1) is 4.47 Å². The van der Waals surface area contributed by atoms with Gasteiger partial charge in [0, 0.05) is 11.7 Å². The zero-order chi connectivity index (χ0) is 14.1. The largest absolute Gasteiger partial charge is 0.454 e. The Labute approximate surface area is 124 Å². The van der Waals surface area contributed by atoms with E-state index in [0.717, 1.165) is 22.7 Å². The van der Waals surface area contributed by atoms with E-state index in [1.54, 1.807) is 6.07 Å². The third-order valence-electron chi connectivity index (χ3n) is 3.20. The number of nitrogens with one attached hydrogen (secondary N) is 1. The lowest BCUT2D eigenvalue weighted by Crippen LogP contribution is -2.06. The van der Waals surface area contributed by atoms with Crippen molar-refractivity contribution < 1.29 is 13.9 Å². The number of hydrogen-bond acceptors (Lipinski definition) is 3. The molecule has 3 nitrogen and oxygen atoms in total. The van der Waals surface area contributed by atoms with E-state index in [1.807, 2.05) is 31.2 Å². The lowest BCUT2D eigenvalue weighted by atomic mass is 10.1. The van der Waals surface area contributed by atoms with Crippen molar-refractivity contribution in [2.24, 2.45) is 0 Å². The Balaban J connectivity index is 1.78. The molecule has 0 amide bonds. The van der Waals surface area contributed by atoms with E-state index in [1.165, 1.54) is 6.07 Å². The van der Waals surface area contributed by atoms with Crippen LogP contribution < -0.4 is 14.8 Å². The third-order valence-corrected chi connectivity index (χ3v) is 3.84. The van der Waals surface area contributed by atoms with Gasteiger partial charge in [-0.25, -0.2) is 4.39 Å². The Morgan fingerprint density at radius 1 is 1.15 bits per heavy atom. The normalized spacial score (nSPS) is 14.2. The summed E-state index contributed by atoms with van der Waals surface area (Å²) in [4.78, 5) is 0. The molecular formula is C15H13BrFNO2. The van der Waals surface area contributed by atoms with Gasteiger partial charge in [-0.2, -0.15) is 0 Å². The van der Waals surface area contributed by atoms with Crippen molar-refractivity contribution in [3.05, 3.63) is 52.3 Å². The number of fused-ring (bicyclic) bond motifs is 1. The molecule has 104 valence electrons. The summed E-state index contributed by atoms with van der Waals surface area (Å²) in [6.07, 6.45) is 0. The third kappa shape index (κ3) is 2.58. The van der Waals surface area contributed by atoms with Gasteiger partial charge in [0.25, 0.3) is 0 Å². The molecule has 1 aliphatic rings. The quantitative estimate of drug-likeness (QED) is 0.894. The maximum absolute atomic E-state index is 13.5. The first-order valence-corrected chi connectivity index (χ1v) is 7.04. The number of benzene rings is 2. The van der Waals surface area contributed by atoms with Gasteiger partial charge in [-0.05, 0) is 58.7 Å². The van der Waals surface area contributed by atoms with E-state index in [9.17, 15) is 4.39 Å². The average Bonchev–Trinajstić information content (AvgIpc) is 2.90. The minimum atomic E-state index is -0.284. The monoisotopic (exact) mass is 337 g/mol. The van der Waals surface area contributed by atoms with Gasteiger partial charge in [-0.3, -0.25) is 0 Å². The summed E-state index contributed by atoms with van der Waals surface area (Å²) in [6.45, 7) is 2.27. The Hall–Kier alpha value is -1.75. The lowest BCUT2D eigenvalue weighted by Gasteiger charge is -2.16. The average molecular weight is 338 g/mol. The van der Waals surface area contributed by atoms with Crippen LogP contribution in [0, 0.1) is 5.82 Å². The minimum absolute atomic E-state index is 0.0325. The van der Waals surface area contributed by atoms with Gasteiger partial charge in [0.15, 0.2) is 11.5 Å². The van der Waals surface area contributed by atoms with Crippen molar-refractivity contribution in [2.75, 3.05) is 12.1 Å². The Kier molecular flexibility index (Phi) is 3.53. The molecule has 0 aromatic heterocycles. The van der Waals surface area contributed by atoms with Crippen LogP contribution in [-0.4, -0.2) is 6.79 Å². The highest BCUT2D eigenvalue weighted by atomic mass is 79.9. The van der Waals surface area contributed by atoms with Crippen LogP contribution in [-0.2, 0) is 0 Å². The van der Waals surface area contributed by atoms with Crippen LogP contribution in [0.15, 0.2) is 40.9 Å². The second-order valence-corrected chi connectivity index (χ2v) is 5.46. The molecule has 1 atom stereocenters. The second-order valence-electron chi connectivity index (χ2n) is 4.61. The maximum atomic E-state index is 13.5. The van der Waals surface area contributed by atoms with Crippen LogP contribution in [0.4, 0.5) is 10.1 Å². The molecule has 0 radical (unpaired) electrons. The molecule has 0 saturated heterocycles. The highest BCUT2D eigenvalue weighted by Gasteiger charge is 2.15. The summed E-state index contributed by atoms with van der Waals surface area (Å²) in [7, 11) is 0. The molecular weight excluding hydrogens is 325 g/mol. The summed E-state index contributed by atoms with van der Waals surface area (Å²) in [5.74, 6) is 1.22.